The molecule has 0 unspecified atom stereocenters. The largest absolute Gasteiger partial charge is 0.426 e. The molecule has 0 radical (unpaired) electrons. The Kier molecular flexibility index (Phi) is 4.96. The average Bonchev–Trinajstić information content (AvgIpc) is 2.90. The van der Waals surface area contributed by atoms with Gasteiger partial charge in [-0.05, 0) is 29.0 Å². The second-order valence-corrected chi connectivity index (χ2v) is 8.13. The fraction of sp³-hybridized carbons (Fsp3) is 0.500. The van der Waals surface area contributed by atoms with E-state index in [0.717, 1.165) is 11.3 Å². The van der Waals surface area contributed by atoms with Crippen LogP contribution in [0.25, 0.3) is 0 Å². The highest BCUT2D eigenvalue weighted by Gasteiger charge is 2.23. The number of aromatic amines is 1. The van der Waals surface area contributed by atoms with E-state index in [1.54, 1.807) is 0 Å². The van der Waals surface area contributed by atoms with Crippen molar-refractivity contribution in [3.63, 3.8) is 0 Å². The summed E-state index contributed by atoms with van der Waals surface area (Å²) in [5.41, 5.74) is 1.53. The number of nitrogens with one attached hydrogen (secondary N) is 2. The number of hydrogen-bond acceptors (Lipinski definition) is 5. The fourth-order valence-corrected chi connectivity index (χ4v) is 2.28. The van der Waals surface area contributed by atoms with E-state index in [4.69, 9.17) is 4.74 Å². The van der Waals surface area contributed by atoms with Crippen LogP contribution in [0.5, 0.6) is 5.75 Å². The second-order valence-electron chi connectivity index (χ2n) is 8.13. The van der Waals surface area contributed by atoms with Gasteiger partial charge in [0.25, 0.3) is 0 Å². The van der Waals surface area contributed by atoms with E-state index in [2.05, 4.69) is 41.3 Å². The summed E-state index contributed by atoms with van der Waals surface area (Å²) in [4.78, 5) is 16.2. The molecule has 1 aromatic carbocycles. The highest BCUT2D eigenvalue weighted by atomic mass is 16.5. The normalized spacial score (nSPS) is 12.1. The minimum absolute atomic E-state index is 0.104. The van der Waals surface area contributed by atoms with Crippen LogP contribution < -0.4 is 10.1 Å². The number of aromatic nitrogens is 3. The number of carbonyl (C=O) groups is 1. The Morgan fingerprint density at radius 3 is 2.46 bits per heavy atom. The maximum absolute atomic E-state index is 12.2. The van der Waals surface area contributed by atoms with E-state index >= 15 is 0 Å². The van der Waals surface area contributed by atoms with Gasteiger partial charge in [-0.25, -0.2) is 5.10 Å². The number of benzene rings is 1. The van der Waals surface area contributed by atoms with Gasteiger partial charge < -0.3 is 10.1 Å². The summed E-state index contributed by atoms with van der Waals surface area (Å²) in [6, 6.07) is 5.65. The van der Waals surface area contributed by atoms with Gasteiger partial charge in [0.2, 0.25) is 5.95 Å². The van der Waals surface area contributed by atoms with Crippen LogP contribution in [0.3, 0.4) is 0 Å². The van der Waals surface area contributed by atoms with Gasteiger partial charge in [-0.15, -0.1) is 0 Å². The summed E-state index contributed by atoms with van der Waals surface area (Å²) in [6.07, 6.45) is 1.81. The smallest absolute Gasteiger partial charge is 0.311 e. The number of rotatable bonds is 4. The topological polar surface area (TPSA) is 79.9 Å². The third kappa shape index (κ3) is 5.08. The molecule has 6 heteroatoms. The van der Waals surface area contributed by atoms with Gasteiger partial charge in [0, 0.05) is 11.3 Å². The van der Waals surface area contributed by atoms with Crippen molar-refractivity contribution in [3.05, 3.63) is 30.1 Å². The van der Waals surface area contributed by atoms with Crippen molar-refractivity contribution in [2.75, 3.05) is 5.32 Å². The fourth-order valence-electron chi connectivity index (χ4n) is 2.28. The molecule has 0 atom stereocenters. The molecule has 2 N–H and O–H groups in total. The Bertz CT molecular complexity index is 695. The van der Waals surface area contributed by atoms with Gasteiger partial charge in [-0.2, -0.15) is 10.1 Å². The van der Waals surface area contributed by atoms with Crippen LogP contribution in [-0.4, -0.2) is 21.2 Å². The van der Waals surface area contributed by atoms with E-state index < -0.39 is 0 Å². The van der Waals surface area contributed by atoms with Crippen molar-refractivity contribution in [2.24, 2.45) is 5.41 Å². The van der Waals surface area contributed by atoms with Crippen LogP contribution in [0.15, 0.2) is 24.5 Å². The molecular weight excluding hydrogens is 304 g/mol. The van der Waals surface area contributed by atoms with E-state index in [9.17, 15) is 4.79 Å². The molecule has 0 saturated heterocycles. The number of hydrogen-bond donors (Lipinski definition) is 2. The lowest BCUT2D eigenvalue weighted by atomic mass is 9.86. The summed E-state index contributed by atoms with van der Waals surface area (Å²) in [7, 11) is 0. The van der Waals surface area contributed by atoms with Gasteiger partial charge in [0.15, 0.2) is 0 Å². The summed E-state index contributed by atoms with van der Waals surface area (Å²) >= 11 is 0. The third-order valence-corrected chi connectivity index (χ3v) is 3.36. The van der Waals surface area contributed by atoms with Gasteiger partial charge in [-0.1, -0.05) is 41.5 Å². The lowest BCUT2D eigenvalue weighted by Crippen LogP contribution is -2.20. The zero-order valence-electron chi connectivity index (χ0n) is 15.2. The van der Waals surface area contributed by atoms with E-state index in [0.29, 0.717) is 18.1 Å². The molecule has 24 heavy (non-hydrogen) atoms. The molecule has 0 aliphatic carbocycles. The molecule has 2 rings (SSSR count). The Labute approximate surface area is 143 Å². The molecule has 0 saturated carbocycles. The molecule has 1 heterocycles. The minimum Gasteiger partial charge on any atom is -0.426 e. The van der Waals surface area contributed by atoms with Crippen LogP contribution in [0.1, 0.15) is 53.5 Å². The molecule has 6 nitrogen and oxygen atoms in total. The Hall–Kier alpha value is -2.37. The van der Waals surface area contributed by atoms with Gasteiger partial charge in [-0.3, -0.25) is 4.79 Å². The summed E-state index contributed by atoms with van der Waals surface area (Å²) in [6.45, 7) is 12.3. The zero-order valence-corrected chi connectivity index (χ0v) is 15.2. The minimum atomic E-state index is -0.219. The quantitative estimate of drug-likeness (QED) is 0.649. The number of carbonyl (C=O) groups excluding carboxylic acids is 1. The molecule has 130 valence electrons. The summed E-state index contributed by atoms with van der Waals surface area (Å²) in [5, 5.41) is 9.72. The molecule has 0 aliphatic rings. The van der Waals surface area contributed by atoms with Crippen molar-refractivity contribution in [3.8, 4) is 5.75 Å². The Morgan fingerprint density at radius 1 is 1.21 bits per heavy atom. The molecule has 0 bridgehead atoms. The lowest BCUT2D eigenvalue weighted by Gasteiger charge is -2.24. The average molecular weight is 330 g/mol. The van der Waals surface area contributed by atoms with Gasteiger partial charge in [0.05, 0.1) is 6.42 Å². The number of anilines is 2. The number of nitrogens with zero attached hydrogens (tertiary/aromatic N) is 2. The monoisotopic (exact) mass is 330 g/mol. The van der Waals surface area contributed by atoms with Crippen LogP contribution >= 0.6 is 0 Å². The lowest BCUT2D eigenvalue weighted by molar-refractivity contribution is -0.136. The molecule has 0 fully saturated rings. The standard InChI is InChI=1S/C18H26N4O2/c1-17(2,3)10-15(23)24-14-8-7-12(9-13(14)18(4,5)6)21-16-19-11-20-22-16/h7-9,11H,10H2,1-6H3,(H2,19,20,21,22). The van der Waals surface area contributed by atoms with Crippen LogP contribution in [0, 0.1) is 5.41 Å². The molecule has 0 spiro atoms. The maximum atomic E-state index is 12.2. The van der Waals surface area contributed by atoms with Crippen molar-refractivity contribution in [1.29, 1.82) is 0 Å². The SMILES string of the molecule is CC(C)(C)CC(=O)Oc1ccc(Nc2ncn[nH]2)cc1C(C)(C)C. The predicted octanol–water partition coefficient (Wildman–Crippen LogP) is 4.19. The first kappa shape index (κ1) is 18.0. The summed E-state index contributed by atoms with van der Waals surface area (Å²) < 4.78 is 5.64. The summed E-state index contributed by atoms with van der Waals surface area (Å²) in [5.74, 6) is 0.941. The number of ether oxygens (including phenoxy) is 1. The van der Waals surface area contributed by atoms with Crippen molar-refractivity contribution in [2.45, 2.75) is 53.4 Å². The van der Waals surface area contributed by atoms with Crippen molar-refractivity contribution >= 4 is 17.6 Å². The first-order chi connectivity index (χ1) is 11.0. The van der Waals surface area contributed by atoms with Crippen molar-refractivity contribution in [1.82, 2.24) is 15.2 Å². The number of esters is 1. The Morgan fingerprint density at radius 2 is 1.92 bits per heavy atom. The molecule has 0 amide bonds. The molecule has 2 aromatic rings. The molecular formula is C18H26N4O2. The van der Waals surface area contributed by atoms with E-state index in [-0.39, 0.29) is 16.8 Å². The third-order valence-electron chi connectivity index (χ3n) is 3.36. The zero-order chi connectivity index (χ0) is 18.0. The second kappa shape index (κ2) is 6.63. The van der Waals surface area contributed by atoms with Crippen LogP contribution in [0.2, 0.25) is 0 Å². The van der Waals surface area contributed by atoms with Gasteiger partial charge >= 0.3 is 5.97 Å². The predicted molar refractivity (Wildman–Crippen MR) is 94.5 cm³/mol. The van der Waals surface area contributed by atoms with Crippen molar-refractivity contribution < 1.29 is 9.53 Å². The highest BCUT2D eigenvalue weighted by molar-refractivity contribution is 5.74. The molecule has 1 aromatic heterocycles. The van der Waals surface area contributed by atoms with Crippen LogP contribution in [0.4, 0.5) is 11.6 Å². The number of H-pyrrole nitrogens is 1. The van der Waals surface area contributed by atoms with Gasteiger partial charge in [0.1, 0.15) is 12.1 Å². The molecule has 0 aliphatic heterocycles. The van der Waals surface area contributed by atoms with E-state index in [1.165, 1.54) is 6.33 Å². The van der Waals surface area contributed by atoms with Crippen LogP contribution in [-0.2, 0) is 10.2 Å². The Balaban J connectivity index is 2.26. The first-order valence-corrected chi connectivity index (χ1v) is 8.02. The maximum Gasteiger partial charge on any atom is 0.311 e. The first-order valence-electron chi connectivity index (χ1n) is 8.02. The highest BCUT2D eigenvalue weighted by Crippen LogP contribution is 2.35. The van der Waals surface area contributed by atoms with E-state index in [1.807, 2.05) is 39.0 Å².